The summed E-state index contributed by atoms with van der Waals surface area (Å²) in [5.74, 6) is -0.823. The SMILES string of the molecule is COc1ccc(Nc2c(C(=O)[O-])cnc3ccc(Cl)cc23)cc1Cl. The van der Waals surface area contributed by atoms with Gasteiger partial charge in [0.1, 0.15) is 5.75 Å². The topological polar surface area (TPSA) is 74.3 Å². The summed E-state index contributed by atoms with van der Waals surface area (Å²) in [5, 5.41) is 15.9. The number of anilines is 2. The molecule has 1 aromatic heterocycles. The van der Waals surface area contributed by atoms with Gasteiger partial charge in [0, 0.05) is 27.9 Å². The van der Waals surface area contributed by atoms with Crippen molar-refractivity contribution < 1.29 is 14.6 Å². The average molecular weight is 362 g/mol. The van der Waals surface area contributed by atoms with E-state index in [2.05, 4.69) is 10.3 Å². The number of halogens is 2. The Balaban J connectivity index is 2.16. The Hall–Kier alpha value is -2.50. The second-order valence-electron chi connectivity index (χ2n) is 4.97. The minimum atomic E-state index is -1.34. The summed E-state index contributed by atoms with van der Waals surface area (Å²) in [5.41, 5.74) is 1.46. The van der Waals surface area contributed by atoms with Gasteiger partial charge in [0.25, 0.3) is 0 Å². The summed E-state index contributed by atoms with van der Waals surface area (Å²) in [7, 11) is 1.51. The highest BCUT2D eigenvalue weighted by Crippen LogP contribution is 2.33. The van der Waals surface area contributed by atoms with Gasteiger partial charge in [-0.1, -0.05) is 23.2 Å². The second-order valence-corrected chi connectivity index (χ2v) is 5.81. The van der Waals surface area contributed by atoms with Gasteiger partial charge in [0.15, 0.2) is 0 Å². The molecule has 0 bridgehead atoms. The molecule has 3 rings (SSSR count). The van der Waals surface area contributed by atoms with Crippen LogP contribution in [0.3, 0.4) is 0 Å². The molecule has 0 unspecified atom stereocenters. The first-order valence-corrected chi connectivity index (χ1v) is 7.65. The maximum absolute atomic E-state index is 11.4. The number of carbonyl (C=O) groups is 1. The largest absolute Gasteiger partial charge is 0.545 e. The van der Waals surface area contributed by atoms with Gasteiger partial charge < -0.3 is 20.0 Å². The lowest BCUT2D eigenvalue weighted by molar-refractivity contribution is -0.254. The maximum atomic E-state index is 11.4. The molecule has 0 radical (unpaired) electrons. The molecule has 0 fully saturated rings. The van der Waals surface area contributed by atoms with Crippen molar-refractivity contribution in [2.75, 3.05) is 12.4 Å². The minimum absolute atomic E-state index is 0.0725. The van der Waals surface area contributed by atoms with Crippen molar-refractivity contribution in [3.8, 4) is 5.75 Å². The first-order chi connectivity index (χ1) is 11.5. The Labute approximate surface area is 147 Å². The third-order valence-corrected chi connectivity index (χ3v) is 4.00. The number of pyridine rings is 1. The van der Waals surface area contributed by atoms with Crippen LogP contribution < -0.4 is 15.2 Å². The van der Waals surface area contributed by atoms with Gasteiger partial charge in [-0.15, -0.1) is 0 Å². The number of aromatic carboxylic acids is 1. The van der Waals surface area contributed by atoms with E-state index in [1.54, 1.807) is 36.4 Å². The van der Waals surface area contributed by atoms with Crippen LogP contribution >= 0.6 is 23.2 Å². The van der Waals surface area contributed by atoms with E-state index < -0.39 is 5.97 Å². The number of carbonyl (C=O) groups excluding carboxylic acids is 1. The van der Waals surface area contributed by atoms with E-state index in [0.717, 1.165) is 0 Å². The van der Waals surface area contributed by atoms with Crippen LogP contribution in [-0.2, 0) is 0 Å². The number of hydrogen-bond acceptors (Lipinski definition) is 5. The summed E-state index contributed by atoms with van der Waals surface area (Å²) in [6.45, 7) is 0. The zero-order chi connectivity index (χ0) is 17.3. The number of hydrogen-bond donors (Lipinski definition) is 1. The third-order valence-electron chi connectivity index (χ3n) is 3.47. The van der Waals surface area contributed by atoms with Crippen molar-refractivity contribution in [1.82, 2.24) is 4.98 Å². The Kier molecular flexibility index (Phi) is 4.46. The fourth-order valence-electron chi connectivity index (χ4n) is 2.34. The quantitative estimate of drug-likeness (QED) is 0.767. The fraction of sp³-hybridized carbons (Fsp3) is 0.0588. The highest BCUT2D eigenvalue weighted by molar-refractivity contribution is 6.32. The standard InChI is InChI=1S/C17H12Cl2N2O3/c1-24-15-5-3-10(7-13(15)19)21-16-11-6-9(18)2-4-14(11)20-8-12(16)17(22)23/h2-8H,1H3,(H,20,21)(H,22,23)/p-1. The number of methoxy groups -OCH3 is 1. The molecule has 0 spiro atoms. The molecule has 1 heterocycles. The van der Waals surface area contributed by atoms with Gasteiger partial charge in [0.05, 0.1) is 29.3 Å². The fourth-order valence-corrected chi connectivity index (χ4v) is 2.77. The van der Waals surface area contributed by atoms with Crippen LogP contribution in [0.2, 0.25) is 10.0 Å². The van der Waals surface area contributed by atoms with Gasteiger partial charge in [-0.2, -0.15) is 0 Å². The monoisotopic (exact) mass is 361 g/mol. The van der Waals surface area contributed by atoms with E-state index in [4.69, 9.17) is 27.9 Å². The molecule has 0 saturated carbocycles. The van der Waals surface area contributed by atoms with Crippen LogP contribution in [0, 0.1) is 0 Å². The van der Waals surface area contributed by atoms with Gasteiger partial charge >= 0.3 is 0 Å². The highest BCUT2D eigenvalue weighted by Gasteiger charge is 2.12. The minimum Gasteiger partial charge on any atom is -0.545 e. The van der Waals surface area contributed by atoms with Crippen LogP contribution in [0.5, 0.6) is 5.75 Å². The Morgan fingerprint density at radius 2 is 2.00 bits per heavy atom. The molecule has 3 aromatic rings. The zero-order valence-electron chi connectivity index (χ0n) is 12.5. The van der Waals surface area contributed by atoms with E-state index in [9.17, 15) is 9.90 Å². The number of carboxylic acids is 1. The lowest BCUT2D eigenvalue weighted by Crippen LogP contribution is -2.23. The van der Waals surface area contributed by atoms with E-state index >= 15 is 0 Å². The first-order valence-electron chi connectivity index (χ1n) is 6.90. The number of fused-ring (bicyclic) bond motifs is 1. The van der Waals surface area contributed by atoms with Crippen molar-refractivity contribution in [1.29, 1.82) is 0 Å². The lowest BCUT2D eigenvalue weighted by Gasteiger charge is -2.16. The predicted molar refractivity (Wildman–Crippen MR) is 92.4 cm³/mol. The molecular weight excluding hydrogens is 351 g/mol. The number of nitrogens with one attached hydrogen (secondary N) is 1. The number of carboxylic acid groups (broad SMARTS) is 1. The van der Waals surface area contributed by atoms with Crippen LogP contribution in [0.1, 0.15) is 10.4 Å². The maximum Gasteiger partial charge on any atom is 0.137 e. The lowest BCUT2D eigenvalue weighted by atomic mass is 10.1. The average Bonchev–Trinajstić information content (AvgIpc) is 2.55. The van der Waals surface area contributed by atoms with Crippen molar-refractivity contribution in [2.45, 2.75) is 0 Å². The van der Waals surface area contributed by atoms with Gasteiger partial charge in [-0.3, -0.25) is 4.98 Å². The van der Waals surface area contributed by atoms with Crippen LogP contribution in [0.15, 0.2) is 42.6 Å². The van der Waals surface area contributed by atoms with Crippen molar-refractivity contribution in [3.63, 3.8) is 0 Å². The second kappa shape index (κ2) is 6.55. The molecule has 0 aliphatic carbocycles. The molecule has 0 saturated heterocycles. The van der Waals surface area contributed by atoms with Crippen LogP contribution in [0.4, 0.5) is 11.4 Å². The highest BCUT2D eigenvalue weighted by atomic mass is 35.5. The van der Waals surface area contributed by atoms with Gasteiger partial charge in [-0.25, -0.2) is 0 Å². The number of ether oxygens (including phenoxy) is 1. The molecule has 5 nitrogen and oxygen atoms in total. The van der Waals surface area contributed by atoms with Gasteiger partial charge in [-0.05, 0) is 36.4 Å². The molecular formula is C17H11Cl2N2O3-. The Morgan fingerprint density at radius 3 is 2.67 bits per heavy atom. The van der Waals surface area contributed by atoms with Crippen LogP contribution in [-0.4, -0.2) is 18.1 Å². The third kappa shape index (κ3) is 3.09. The molecule has 0 aliphatic rings. The summed E-state index contributed by atoms with van der Waals surface area (Å²) in [6.07, 6.45) is 1.25. The molecule has 24 heavy (non-hydrogen) atoms. The van der Waals surface area contributed by atoms with E-state index in [-0.39, 0.29) is 5.56 Å². The van der Waals surface area contributed by atoms with E-state index in [0.29, 0.717) is 38.1 Å². The van der Waals surface area contributed by atoms with Crippen LogP contribution in [0.25, 0.3) is 10.9 Å². The van der Waals surface area contributed by atoms with E-state index in [1.807, 2.05) is 0 Å². The molecule has 2 aromatic carbocycles. The Morgan fingerprint density at radius 1 is 1.21 bits per heavy atom. The Bertz CT molecular complexity index is 945. The van der Waals surface area contributed by atoms with Gasteiger partial charge in [0.2, 0.25) is 0 Å². The summed E-state index contributed by atoms with van der Waals surface area (Å²) in [6, 6.07) is 10.1. The number of aromatic nitrogens is 1. The molecule has 122 valence electrons. The summed E-state index contributed by atoms with van der Waals surface area (Å²) >= 11 is 12.1. The zero-order valence-corrected chi connectivity index (χ0v) is 14.0. The number of nitrogens with zero attached hydrogens (tertiary/aromatic N) is 1. The van der Waals surface area contributed by atoms with Crippen molar-refractivity contribution >= 4 is 51.4 Å². The smallest absolute Gasteiger partial charge is 0.137 e. The first kappa shape index (κ1) is 16.4. The number of benzene rings is 2. The van der Waals surface area contributed by atoms with E-state index in [1.165, 1.54) is 13.3 Å². The molecule has 1 N–H and O–H groups in total. The molecule has 7 heteroatoms. The normalized spacial score (nSPS) is 10.6. The molecule has 0 atom stereocenters. The number of rotatable bonds is 4. The summed E-state index contributed by atoms with van der Waals surface area (Å²) in [4.78, 5) is 15.6. The van der Waals surface area contributed by atoms with Crippen molar-refractivity contribution in [2.24, 2.45) is 0 Å². The van der Waals surface area contributed by atoms with Crippen molar-refractivity contribution in [3.05, 3.63) is 58.2 Å². The molecule has 0 amide bonds. The predicted octanol–water partition coefficient (Wildman–Crippen LogP) is 3.66. The molecule has 0 aliphatic heterocycles. The summed E-state index contributed by atoms with van der Waals surface area (Å²) < 4.78 is 5.11.